The maximum atomic E-state index is 12.8. The summed E-state index contributed by atoms with van der Waals surface area (Å²) < 4.78 is 0. The summed E-state index contributed by atoms with van der Waals surface area (Å²) in [5.41, 5.74) is 3.05. The molecule has 0 saturated carbocycles. The third-order valence-corrected chi connectivity index (χ3v) is 7.58. The fraction of sp³-hybridized carbons (Fsp3) is 0.517. The molecule has 2 aromatic carbocycles. The number of ketones is 1. The van der Waals surface area contributed by atoms with Crippen LogP contribution in [-0.2, 0) is 22.4 Å². The van der Waals surface area contributed by atoms with E-state index in [1.54, 1.807) is 18.2 Å². The highest BCUT2D eigenvalue weighted by atomic mass is 35.5. The first kappa shape index (κ1) is 27.7. The highest BCUT2D eigenvalue weighted by molar-refractivity contribution is 6.36. The first-order chi connectivity index (χ1) is 17.0. The summed E-state index contributed by atoms with van der Waals surface area (Å²) in [7, 11) is 0. The number of hydrogen-bond acceptors (Lipinski definition) is 3. The Morgan fingerprint density at radius 3 is 2.23 bits per heavy atom. The molecule has 1 fully saturated rings. The first-order valence-corrected chi connectivity index (χ1v) is 13.8. The van der Waals surface area contributed by atoms with Gasteiger partial charge in [0.2, 0.25) is 5.91 Å². The lowest BCUT2D eigenvalue weighted by molar-refractivity contribution is -0.131. The molecular formula is C29H38Cl2N2O2. The molecule has 2 aromatic rings. The van der Waals surface area contributed by atoms with Gasteiger partial charge in [0.05, 0.1) is 13.0 Å². The fourth-order valence-corrected chi connectivity index (χ4v) is 5.24. The largest absolute Gasteiger partial charge is 0.342 e. The smallest absolute Gasteiger partial charge is 0.227 e. The number of benzene rings is 2. The lowest BCUT2D eigenvalue weighted by atomic mass is 9.88. The number of amides is 1. The molecule has 190 valence electrons. The molecular weight excluding hydrogens is 479 g/mol. The number of halogens is 2. The van der Waals surface area contributed by atoms with E-state index in [1.165, 1.54) is 31.2 Å². The average molecular weight is 518 g/mol. The predicted octanol–water partition coefficient (Wildman–Crippen LogP) is 6.61. The van der Waals surface area contributed by atoms with Crippen molar-refractivity contribution < 1.29 is 9.59 Å². The Morgan fingerprint density at radius 2 is 1.57 bits per heavy atom. The molecule has 0 radical (unpaired) electrons. The van der Waals surface area contributed by atoms with Crippen LogP contribution >= 0.6 is 23.2 Å². The number of nitrogens with zero attached hydrogens (tertiary/aromatic N) is 1. The van der Waals surface area contributed by atoms with Crippen LogP contribution in [-0.4, -0.2) is 42.8 Å². The Hall–Kier alpha value is -1.88. The Balaban J connectivity index is 1.39. The maximum absolute atomic E-state index is 12.8. The van der Waals surface area contributed by atoms with Crippen LogP contribution in [0.25, 0.3) is 0 Å². The van der Waals surface area contributed by atoms with E-state index in [-0.39, 0.29) is 18.1 Å². The lowest BCUT2D eigenvalue weighted by Crippen LogP contribution is -2.38. The molecule has 35 heavy (non-hydrogen) atoms. The van der Waals surface area contributed by atoms with Crippen molar-refractivity contribution in [3.63, 3.8) is 0 Å². The molecule has 1 saturated heterocycles. The normalized spacial score (nSPS) is 14.3. The zero-order chi connectivity index (χ0) is 25.0. The monoisotopic (exact) mass is 516 g/mol. The molecule has 1 aliphatic heterocycles. The molecule has 0 spiro atoms. The molecule has 0 unspecified atom stereocenters. The van der Waals surface area contributed by atoms with Gasteiger partial charge in [-0.05, 0) is 60.5 Å². The van der Waals surface area contributed by atoms with E-state index in [2.05, 4.69) is 36.5 Å². The summed E-state index contributed by atoms with van der Waals surface area (Å²) in [4.78, 5) is 27.0. The van der Waals surface area contributed by atoms with E-state index in [0.717, 1.165) is 44.5 Å². The van der Waals surface area contributed by atoms with Crippen LogP contribution in [0.15, 0.2) is 42.5 Å². The minimum atomic E-state index is 0.0712. The van der Waals surface area contributed by atoms with E-state index >= 15 is 0 Å². The predicted molar refractivity (Wildman–Crippen MR) is 146 cm³/mol. The summed E-state index contributed by atoms with van der Waals surface area (Å²) >= 11 is 12.5. The molecule has 1 aliphatic rings. The number of piperidine rings is 1. The minimum Gasteiger partial charge on any atom is -0.342 e. The summed E-state index contributed by atoms with van der Waals surface area (Å²) in [5, 5.41) is 4.36. The number of rotatable bonds is 13. The van der Waals surface area contributed by atoms with Gasteiger partial charge in [0.25, 0.3) is 0 Å². The van der Waals surface area contributed by atoms with Gasteiger partial charge in [0, 0.05) is 29.6 Å². The van der Waals surface area contributed by atoms with Crippen LogP contribution < -0.4 is 5.32 Å². The van der Waals surface area contributed by atoms with Gasteiger partial charge in [0.15, 0.2) is 5.78 Å². The Labute approximate surface area is 220 Å². The summed E-state index contributed by atoms with van der Waals surface area (Å²) in [5.74, 6) is 0.737. The van der Waals surface area contributed by atoms with Crippen LogP contribution in [0.4, 0.5) is 0 Å². The average Bonchev–Trinajstić information content (AvgIpc) is 2.86. The standard InChI is InChI=1S/C29H38Cl2N2O2/c1-2-3-4-5-6-16-32-21-25(34)19-22-10-12-23(13-11-22)24-14-17-33(18-15-24)29(35)20-26-27(30)8-7-9-28(26)31/h7-13,24,32H,2-6,14-21H2,1H3. The summed E-state index contributed by atoms with van der Waals surface area (Å²) in [6, 6.07) is 13.8. The number of carbonyl (C=O) groups is 2. The van der Waals surface area contributed by atoms with Crippen molar-refractivity contribution in [3.05, 3.63) is 69.2 Å². The minimum absolute atomic E-state index is 0.0712. The van der Waals surface area contributed by atoms with Crippen molar-refractivity contribution in [2.24, 2.45) is 0 Å². The van der Waals surface area contributed by atoms with E-state index < -0.39 is 0 Å². The molecule has 1 heterocycles. The molecule has 4 nitrogen and oxygen atoms in total. The second kappa shape index (κ2) is 14.6. The van der Waals surface area contributed by atoms with E-state index in [4.69, 9.17) is 23.2 Å². The Morgan fingerprint density at radius 1 is 0.914 bits per heavy atom. The highest BCUT2D eigenvalue weighted by Crippen LogP contribution is 2.30. The van der Waals surface area contributed by atoms with Gasteiger partial charge in [0.1, 0.15) is 0 Å². The number of unbranched alkanes of at least 4 members (excludes halogenated alkanes) is 4. The van der Waals surface area contributed by atoms with Crippen LogP contribution in [0.2, 0.25) is 10.0 Å². The lowest BCUT2D eigenvalue weighted by Gasteiger charge is -2.32. The topological polar surface area (TPSA) is 49.4 Å². The zero-order valence-corrected chi connectivity index (χ0v) is 22.3. The van der Waals surface area contributed by atoms with Crippen molar-refractivity contribution in [1.82, 2.24) is 10.2 Å². The van der Waals surface area contributed by atoms with Crippen molar-refractivity contribution in [2.45, 2.75) is 70.6 Å². The van der Waals surface area contributed by atoms with E-state index in [0.29, 0.717) is 34.5 Å². The van der Waals surface area contributed by atoms with Crippen molar-refractivity contribution in [3.8, 4) is 0 Å². The van der Waals surface area contributed by atoms with E-state index in [9.17, 15) is 9.59 Å². The van der Waals surface area contributed by atoms with Crippen LogP contribution in [0, 0.1) is 0 Å². The number of likely N-dealkylation sites (tertiary alicyclic amines) is 1. The van der Waals surface area contributed by atoms with Crippen LogP contribution in [0.1, 0.15) is 74.5 Å². The molecule has 0 bridgehead atoms. The highest BCUT2D eigenvalue weighted by Gasteiger charge is 2.25. The van der Waals surface area contributed by atoms with Gasteiger partial charge in [-0.1, -0.05) is 86.1 Å². The van der Waals surface area contributed by atoms with Gasteiger partial charge < -0.3 is 10.2 Å². The molecule has 1 N–H and O–H groups in total. The number of Topliss-reactive ketones (excluding diaryl/α,β-unsaturated/α-hetero) is 1. The molecule has 1 amide bonds. The van der Waals surface area contributed by atoms with Crippen molar-refractivity contribution in [1.29, 1.82) is 0 Å². The molecule has 6 heteroatoms. The van der Waals surface area contributed by atoms with Crippen molar-refractivity contribution >= 4 is 34.9 Å². The van der Waals surface area contributed by atoms with Crippen molar-refractivity contribution in [2.75, 3.05) is 26.2 Å². The molecule has 0 aliphatic carbocycles. The van der Waals surface area contributed by atoms with Gasteiger partial charge in [-0.15, -0.1) is 0 Å². The van der Waals surface area contributed by atoms with Gasteiger partial charge in [-0.3, -0.25) is 9.59 Å². The van der Waals surface area contributed by atoms with Gasteiger partial charge >= 0.3 is 0 Å². The first-order valence-electron chi connectivity index (χ1n) is 13.0. The zero-order valence-electron chi connectivity index (χ0n) is 20.8. The second-order valence-corrected chi connectivity index (χ2v) is 10.4. The number of carbonyl (C=O) groups excluding carboxylic acids is 2. The van der Waals surface area contributed by atoms with Crippen LogP contribution in [0.5, 0.6) is 0 Å². The maximum Gasteiger partial charge on any atom is 0.227 e. The number of hydrogen-bond donors (Lipinski definition) is 1. The SMILES string of the molecule is CCCCCCCNCC(=O)Cc1ccc(C2CCN(C(=O)Cc3c(Cl)cccc3Cl)CC2)cc1. The Bertz CT molecular complexity index is 933. The molecule has 0 aromatic heterocycles. The summed E-state index contributed by atoms with van der Waals surface area (Å²) in [6.07, 6.45) is 8.78. The Kier molecular flexibility index (Phi) is 11.6. The van der Waals surface area contributed by atoms with Crippen LogP contribution in [0.3, 0.4) is 0 Å². The fourth-order valence-electron chi connectivity index (χ4n) is 4.71. The summed E-state index contributed by atoms with van der Waals surface area (Å²) in [6.45, 7) is 5.05. The number of nitrogens with one attached hydrogen (secondary N) is 1. The van der Waals surface area contributed by atoms with Gasteiger partial charge in [-0.2, -0.15) is 0 Å². The second-order valence-electron chi connectivity index (χ2n) is 9.58. The molecule has 0 atom stereocenters. The quantitative estimate of drug-likeness (QED) is 0.304. The van der Waals surface area contributed by atoms with Gasteiger partial charge in [-0.25, -0.2) is 0 Å². The molecule has 3 rings (SSSR count). The third kappa shape index (κ3) is 8.93. The third-order valence-electron chi connectivity index (χ3n) is 6.87. The van der Waals surface area contributed by atoms with E-state index in [1.807, 2.05) is 4.90 Å².